The zero-order valence-corrected chi connectivity index (χ0v) is 13.1. The lowest BCUT2D eigenvalue weighted by atomic mass is 9.62. The first-order valence-corrected chi connectivity index (χ1v) is 7.52. The fraction of sp³-hybridized carbons (Fsp3) is 0.706. The van der Waals surface area contributed by atoms with Crippen LogP contribution >= 0.6 is 0 Å². The van der Waals surface area contributed by atoms with E-state index in [1.165, 1.54) is 12.5 Å². The Balaban J connectivity index is 2.42. The van der Waals surface area contributed by atoms with E-state index in [4.69, 9.17) is 4.74 Å². The second kappa shape index (κ2) is 5.72. The van der Waals surface area contributed by atoms with E-state index in [-0.39, 0.29) is 11.9 Å². The maximum absolute atomic E-state index is 11.3. The van der Waals surface area contributed by atoms with Crippen molar-refractivity contribution in [2.45, 2.75) is 59.7 Å². The van der Waals surface area contributed by atoms with Crippen LogP contribution in [0.15, 0.2) is 22.8 Å². The molecule has 1 fully saturated rings. The smallest absolute Gasteiger partial charge is 0.303 e. The molecule has 2 rings (SSSR count). The molecule has 2 aliphatic carbocycles. The summed E-state index contributed by atoms with van der Waals surface area (Å²) in [5.74, 6) is 0.628. The normalized spacial score (nSPS) is 37.0. The number of carbonyl (C=O) groups excluding carboxylic acids is 1. The SMILES string of the molecule is CC(=O)O[C@H]1[C@H](C)[C@H]2CCC(C)=C[C@H]2C(=C(C)C)[C@H]1O. The zero-order chi connectivity index (χ0) is 15.0. The minimum atomic E-state index is -0.678. The van der Waals surface area contributed by atoms with Gasteiger partial charge in [0.05, 0.1) is 0 Å². The molecule has 1 N–H and O–H groups in total. The van der Waals surface area contributed by atoms with Crippen molar-refractivity contribution in [3.63, 3.8) is 0 Å². The molecule has 0 aromatic rings. The first-order chi connectivity index (χ1) is 9.32. The van der Waals surface area contributed by atoms with Gasteiger partial charge in [-0.25, -0.2) is 0 Å². The molecule has 0 aromatic heterocycles. The van der Waals surface area contributed by atoms with Gasteiger partial charge in [0.25, 0.3) is 0 Å². The van der Waals surface area contributed by atoms with Crippen LogP contribution in [0.4, 0.5) is 0 Å². The highest BCUT2D eigenvalue weighted by molar-refractivity contribution is 5.66. The molecule has 3 heteroatoms. The number of allylic oxidation sites excluding steroid dienone is 3. The molecule has 112 valence electrons. The molecule has 0 radical (unpaired) electrons. The van der Waals surface area contributed by atoms with Crippen LogP contribution in [0.3, 0.4) is 0 Å². The fourth-order valence-electron chi connectivity index (χ4n) is 3.90. The Hall–Kier alpha value is -1.09. The Kier molecular flexibility index (Phi) is 4.38. The Morgan fingerprint density at radius 3 is 2.55 bits per heavy atom. The average molecular weight is 278 g/mol. The van der Waals surface area contributed by atoms with Crippen LogP contribution < -0.4 is 0 Å². The molecule has 5 atom stereocenters. The standard InChI is InChI=1S/C17H26O3/c1-9(2)15-14-8-10(3)6-7-13(14)11(4)17(16(15)19)20-12(5)18/h8,11,13-14,16-17,19H,6-7H2,1-5H3/t11-,13-,14-,16-,17+/m1/s1. The largest absolute Gasteiger partial charge is 0.459 e. The molecule has 20 heavy (non-hydrogen) atoms. The molecule has 0 saturated heterocycles. The maximum Gasteiger partial charge on any atom is 0.303 e. The van der Waals surface area contributed by atoms with Gasteiger partial charge in [-0.3, -0.25) is 4.79 Å². The van der Waals surface area contributed by atoms with E-state index in [1.54, 1.807) is 0 Å². The molecule has 0 amide bonds. The van der Waals surface area contributed by atoms with Gasteiger partial charge in [0.1, 0.15) is 12.2 Å². The summed E-state index contributed by atoms with van der Waals surface area (Å²) >= 11 is 0. The molecule has 0 aliphatic heterocycles. The molecular formula is C17H26O3. The molecule has 0 unspecified atom stereocenters. The lowest BCUT2D eigenvalue weighted by Crippen LogP contribution is -2.50. The van der Waals surface area contributed by atoms with Crippen molar-refractivity contribution in [1.82, 2.24) is 0 Å². The van der Waals surface area contributed by atoms with E-state index < -0.39 is 12.2 Å². The molecule has 0 spiro atoms. The highest BCUT2D eigenvalue weighted by Crippen LogP contribution is 2.47. The molecule has 1 saturated carbocycles. The van der Waals surface area contributed by atoms with Gasteiger partial charge < -0.3 is 9.84 Å². The summed E-state index contributed by atoms with van der Waals surface area (Å²) in [6.07, 6.45) is 3.42. The molecular weight excluding hydrogens is 252 g/mol. The molecule has 2 aliphatic rings. The van der Waals surface area contributed by atoms with Gasteiger partial charge in [0.15, 0.2) is 0 Å². The molecule has 0 aromatic carbocycles. The number of fused-ring (bicyclic) bond motifs is 1. The van der Waals surface area contributed by atoms with Crippen molar-refractivity contribution in [3.8, 4) is 0 Å². The second-order valence-corrected chi connectivity index (χ2v) is 6.57. The molecule has 3 nitrogen and oxygen atoms in total. The highest BCUT2D eigenvalue weighted by Gasteiger charge is 2.46. The number of hydrogen-bond acceptors (Lipinski definition) is 3. The Morgan fingerprint density at radius 1 is 1.35 bits per heavy atom. The summed E-state index contributed by atoms with van der Waals surface area (Å²) in [6, 6.07) is 0. The van der Waals surface area contributed by atoms with Crippen molar-refractivity contribution in [1.29, 1.82) is 0 Å². The highest BCUT2D eigenvalue weighted by atomic mass is 16.6. The van der Waals surface area contributed by atoms with Crippen LogP contribution in [0.1, 0.15) is 47.5 Å². The maximum atomic E-state index is 11.3. The monoisotopic (exact) mass is 278 g/mol. The van der Waals surface area contributed by atoms with E-state index in [2.05, 4.69) is 19.9 Å². The summed E-state index contributed by atoms with van der Waals surface area (Å²) in [4.78, 5) is 11.3. The number of carbonyl (C=O) groups is 1. The fourth-order valence-corrected chi connectivity index (χ4v) is 3.90. The number of esters is 1. The van der Waals surface area contributed by atoms with Crippen LogP contribution in [0.2, 0.25) is 0 Å². The van der Waals surface area contributed by atoms with Gasteiger partial charge in [-0.1, -0.05) is 24.1 Å². The van der Waals surface area contributed by atoms with Crippen LogP contribution in [-0.2, 0) is 9.53 Å². The lowest BCUT2D eigenvalue weighted by Gasteiger charge is -2.47. The van der Waals surface area contributed by atoms with Gasteiger partial charge in [-0.15, -0.1) is 0 Å². The Labute approximate surface area is 121 Å². The van der Waals surface area contributed by atoms with Gasteiger partial charge >= 0.3 is 5.97 Å². The number of hydrogen-bond donors (Lipinski definition) is 1. The van der Waals surface area contributed by atoms with E-state index in [9.17, 15) is 9.90 Å². The number of rotatable bonds is 1. The zero-order valence-electron chi connectivity index (χ0n) is 13.1. The lowest BCUT2D eigenvalue weighted by molar-refractivity contribution is -0.160. The topological polar surface area (TPSA) is 46.5 Å². The second-order valence-electron chi connectivity index (χ2n) is 6.57. The third kappa shape index (κ3) is 2.69. The van der Waals surface area contributed by atoms with Crippen LogP contribution in [0.5, 0.6) is 0 Å². The molecule has 0 heterocycles. The minimum absolute atomic E-state index is 0.186. The van der Waals surface area contributed by atoms with Crippen molar-refractivity contribution in [3.05, 3.63) is 22.8 Å². The quantitative estimate of drug-likeness (QED) is 0.591. The number of aliphatic hydroxyl groups excluding tert-OH is 1. The van der Waals surface area contributed by atoms with Crippen LogP contribution in [0, 0.1) is 17.8 Å². The number of ether oxygens (including phenoxy) is 1. The first kappa shape index (κ1) is 15.3. The third-order valence-electron chi connectivity index (χ3n) is 4.86. The summed E-state index contributed by atoms with van der Waals surface area (Å²) in [5, 5.41) is 10.7. The van der Waals surface area contributed by atoms with E-state index in [0.29, 0.717) is 11.8 Å². The summed E-state index contributed by atoms with van der Waals surface area (Å²) in [5.41, 5.74) is 3.59. The Bertz CT molecular complexity index is 457. The van der Waals surface area contributed by atoms with Gasteiger partial charge in [-0.05, 0) is 51.0 Å². The van der Waals surface area contributed by atoms with Gasteiger partial charge in [0, 0.05) is 12.8 Å². The van der Waals surface area contributed by atoms with Crippen molar-refractivity contribution >= 4 is 5.97 Å². The molecule has 0 bridgehead atoms. The summed E-state index contributed by atoms with van der Waals surface area (Å²) < 4.78 is 5.43. The van der Waals surface area contributed by atoms with Gasteiger partial charge in [-0.2, -0.15) is 0 Å². The number of aliphatic hydroxyl groups is 1. The van der Waals surface area contributed by atoms with Crippen molar-refractivity contribution < 1.29 is 14.6 Å². The van der Waals surface area contributed by atoms with E-state index in [0.717, 1.165) is 24.0 Å². The van der Waals surface area contributed by atoms with Crippen molar-refractivity contribution in [2.75, 3.05) is 0 Å². The van der Waals surface area contributed by atoms with Gasteiger partial charge in [0.2, 0.25) is 0 Å². The Morgan fingerprint density at radius 2 is 2.00 bits per heavy atom. The first-order valence-electron chi connectivity index (χ1n) is 7.52. The minimum Gasteiger partial charge on any atom is -0.459 e. The summed E-state index contributed by atoms with van der Waals surface area (Å²) in [6.45, 7) is 9.75. The predicted molar refractivity (Wildman–Crippen MR) is 79.1 cm³/mol. The van der Waals surface area contributed by atoms with E-state index >= 15 is 0 Å². The predicted octanol–water partition coefficient (Wildman–Crippen LogP) is 3.24. The van der Waals surface area contributed by atoms with E-state index in [1.807, 2.05) is 13.8 Å². The summed E-state index contributed by atoms with van der Waals surface area (Å²) in [7, 11) is 0. The van der Waals surface area contributed by atoms with Crippen LogP contribution in [-0.4, -0.2) is 23.3 Å². The third-order valence-corrected chi connectivity index (χ3v) is 4.86. The van der Waals surface area contributed by atoms with Crippen LogP contribution in [0.25, 0.3) is 0 Å². The average Bonchev–Trinajstić information content (AvgIpc) is 2.33. The van der Waals surface area contributed by atoms with Crippen molar-refractivity contribution in [2.24, 2.45) is 17.8 Å².